The number of rotatable bonds is 3. The molecule has 7 heteroatoms. The van der Waals surface area contributed by atoms with Gasteiger partial charge in [-0.15, -0.1) is 0 Å². The van der Waals surface area contributed by atoms with Gasteiger partial charge in [0.05, 0.1) is 18.2 Å². The van der Waals surface area contributed by atoms with Crippen LogP contribution in [0.25, 0.3) is 0 Å². The smallest absolute Gasteiger partial charge is 0.308 e. The molecule has 0 spiro atoms. The van der Waals surface area contributed by atoms with E-state index in [1.807, 2.05) is 0 Å². The van der Waals surface area contributed by atoms with Crippen LogP contribution in [0.15, 0.2) is 24.3 Å². The first-order valence-corrected chi connectivity index (χ1v) is 7.62. The Morgan fingerprint density at radius 3 is 2.15 bits per heavy atom. The number of fused-ring (bicyclic) bond motifs is 2. The summed E-state index contributed by atoms with van der Waals surface area (Å²) in [6, 6.07) is 4.99. The number of hydrogen-bond donors (Lipinski definition) is 1. The minimum atomic E-state index is -0.665. The number of ether oxygens (including phenoxy) is 2. The van der Waals surface area contributed by atoms with Gasteiger partial charge in [0.25, 0.3) is 0 Å². The Balaban J connectivity index is 2.28. The Labute approximate surface area is 148 Å². The average Bonchev–Trinajstić information content (AvgIpc) is 2.57. The van der Waals surface area contributed by atoms with Gasteiger partial charge in [-0.1, -0.05) is 0 Å². The fourth-order valence-corrected chi connectivity index (χ4v) is 2.89. The lowest BCUT2D eigenvalue weighted by molar-refractivity contribution is -0.131. The molecule has 0 radical (unpaired) electrons. The van der Waals surface area contributed by atoms with Gasteiger partial charge in [0.1, 0.15) is 17.2 Å². The van der Waals surface area contributed by atoms with Gasteiger partial charge >= 0.3 is 5.97 Å². The van der Waals surface area contributed by atoms with Gasteiger partial charge in [0.2, 0.25) is 0 Å². The summed E-state index contributed by atoms with van der Waals surface area (Å²) in [6.07, 6.45) is 0. The lowest BCUT2D eigenvalue weighted by Crippen LogP contribution is -2.22. The van der Waals surface area contributed by atoms with Crippen molar-refractivity contribution in [3.8, 4) is 17.2 Å². The maximum atomic E-state index is 12.8. The summed E-state index contributed by atoms with van der Waals surface area (Å²) in [5.41, 5.74) is -0.237. The molecule has 0 bridgehead atoms. The van der Waals surface area contributed by atoms with Crippen molar-refractivity contribution in [1.29, 1.82) is 0 Å². The Morgan fingerprint density at radius 1 is 0.923 bits per heavy atom. The first kappa shape index (κ1) is 17.3. The SMILES string of the molecule is COc1cc(O)c2c(c1)C(=O)c1cc(OC(C)=O)c(C(C)=O)cc1C2=O. The van der Waals surface area contributed by atoms with Gasteiger partial charge in [-0.05, 0) is 25.1 Å². The summed E-state index contributed by atoms with van der Waals surface area (Å²) in [6.45, 7) is 2.41. The number of phenolic OH excluding ortho intramolecular Hbond substituents is 1. The van der Waals surface area contributed by atoms with Gasteiger partial charge in [0.15, 0.2) is 17.3 Å². The number of carbonyl (C=O) groups excluding carboxylic acids is 4. The average molecular weight is 354 g/mol. The molecule has 1 aliphatic carbocycles. The van der Waals surface area contributed by atoms with E-state index in [1.165, 1.54) is 38.3 Å². The molecular weight excluding hydrogens is 340 g/mol. The Kier molecular flexibility index (Phi) is 4.07. The third kappa shape index (κ3) is 2.63. The maximum absolute atomic E-state index is 12.8. The van der Waals surface area contributed by atoms with E-state index >= 15 is 0 Å². The van der Waals surface area contributed by atoms with E-state index in [1.54, 1.807) is 0 Å². The molecule has 132 valence electrons. The molecule has 26 heavy (non-hydrogen) atoms. The minimum Gasteiger partial charge on any atom is -0.507 e. The van der Waals surface area contributed by atoms with Gasteiger partial charge in [-0.25, -0.2) is 0 Å². The zero-order valence-electron chi connectivity index (χ0n) is 14.2. The highest BCUT2D eigenvalue weighted by Gasteiger charge is 2.34. The fourth-order valence-electron chi connectivity index (χ4n) is 2.89. The Hall–Kier alpha value is -3.48. The predicted octanol–water partition coefficient (Wildman–Crippen LogP) is 2.30. The number of Topliss-reactive ketones (excluding diaryl/α,β-unsaturated/α-hetero) is 1. The van der Waals surface area contributed by atoms with Crippen molar-refractivity contribution in [3.63, 3.8) is 0 Å². The van der Waals surface area contributed by atoms with E-state index in [-0.39, 0.29) is 39.3 Å². The van der Waals surface area contributed by atoms with E-state index < -0.39 is 29.1 Å². The van der Waals surface area contributed by atoms with Crippen LogP contribution in [0.3, 0.4) is 0 Å². The van der Waals surface area contributed by atoms with E-state index in [2.05, 4.69) is 0 Å². The van der Waals surface area contributed by atoms with Gasteiger partial charge in [-0.3, -0.25) is 19.2 Å². The van der Waals surface area contributed by atoms with Crippen molar-refractivity contribution in [2.24, 2.45) is 0 Å². The van der Waals surface area contributed by atoms with Crippen molar-refractivity contribution < 1.29 is 33.8 Å². The van der Waals surface area contributed by atoms with E-state index in [0.717, 1.165) is 6.92 Å². The van der Waals surface area contributed by atoms with Crippen molar-refractivity contribution in [2.75, 3.05) is 7.11 Å². The molecular formula is C19H14O7. The largest absolute Gasteiger partial charge is 0.507 e. The Morgan fingerprint density at radius 2 is 1.58 bits per heavy atom. The maximum Gasteiger partial charge on any atom is 0.308 e. The third-order valence-corrected chi connectivity index (χ3v) is 4.04. The zero-order valence-corrected chi connectivity index (χ0v) is 14.2. The topological polar surface area (TPSA) is 107 Å². The van der Waals surface area contributed by atoms with Crippen LogP contribution in [0.1, 0.15) is 56.0 Å². The van der Waals surface area contributed by atoms with Crippen molar-refractivity contribution >= 4 is 23.3 Å². The fraction of sp³-hybridized carbons (Fsp3) is 0.158. The van der Waals surface area contributed by atoms with Crippen LogP contribution in [-0.2, 0) is 4.79 Å². The molecule has 0 unspecified atom stereocenters. The number of aromatic hydroxyl groups is 1. The number of carbonyl (C=O) groups is 4. The number of methoxy groups -OCH3 is 1. The second-order valence-corrected chi connectivity index (χ2v) is 5.77. The lowest BCUT2D eigenvalue weighted by atomic mass is 9.82. The van der Waals surface area contributed by atoms with Gasteiger partial charge in [0, 0.05) is 29.7 Å². The number of ketones is 3. The number of esters is 1. The van der Waals surface area contributed by atoms with Crippen LogP contribution >= 0.6 is 0 Å². The molecule has 0 heterocycles. The molecule has 0 atom stereocenters. The first-order valence-electron chi connectivity index (χ1n) is 7.62. The van der Waals surface area contributed by atoms with Crippen molar-refractivity contribution in [3.05, 3.63) is 52.1 Å². The normalized spacial score (nSPS) is 12.3. The highest BCUT2D eigenvalue weighted by molar-refractivity contribution is 6.30. The zero-order chi connectivity index (χ0) is 19.2. The molecule has 0 saturated carbocycles. The van der Waals surface area contributed by atoms with Gasteiger partial charge in [-0.2, -0.15) is 0 Å². The molecule has 3 rings (SSSR count). The number of benzene rings is 2. The molecule has 0 fully saturated rings. The van der Waals surface area contributed by atoms with Crippen LogP contribution in [-0.4, -0.2) is 35.5 Å². The van der Waals surface area contributed by atoms with Crippen LogP contribution in [0.5, 0.6) is 17.2 Å². The monoisotopic (exact) mass is 354 g/mol. The quantitative estimate of drug-likeness (QED) is 0.437. The Bertz CT molecular complexity index is 1000. The van der Waals surface area contributed by atoms with Crippen LogP contribution in [0, 0.1) is 0 Å². The highest BCUT2D eigenvalue weighted by Crippen LogP contribution is 2.38. The van der Waals surface area contributed by atoms with Crippen LogP contribution in [0.4, 0.5) is 0 Å². The van der Waals surface area contributed by atoms with E-state index in [9.17, 15) is 24.3 Å². The summed E-state index contributed by atoms with van der Waals surface area (Å²) in [5, 5.41) is 10.1. The van der Waals surface area contributed by atoms with Crippen molar-refractivity contribution in [2.45, 2.75) is 13.8 Å². The van der Waals surface area contributed by atoms with Crippen LogP contribution < -0.4 is 9.47 Å². The molecule has 2 aromatic rings. The summed E-state index contributed by atoms with van der Waals surface area (Å²) in [7, 11) is 1.36. The highest BCUT2D eigenvalue weighted by atomic mass is 16.5. The van der Waals surface area contributed by atoms with E-state index in [4.69, 9.17) is 9.47 Å². The van der Waals surface area contributed by atoms with Crippen LogP contribution in [0.2, 0.25) is 0 Å². The lowest BCUT2D eigenvalue weighted by Gasteiger charge is -2.21. The second-order valence-electron chi connectivity index (χ2n) is 5.77. The summed E-state index contributed by atoms with van der Waals surface area (Å²) in [5.74, 6) is -2.53. The van der Waals surface area contributed by atoms with E-state index in [0.29, 0.717) is 0 Å². The minimum absolute atomic E-state index is 0.00319. The molecule has 0 aliphatic heterocycles. The second kappa shape index (κ2) is 6.11. The molecule has 2 aromatic carbocycles. The predicted molar refractivity (Wildman–Crippen MR) is 89.3 cm³/mol. The molecule has 1 aliphatic rings. The molecule has 7 nitrogen and oxygen atoms in total. The molecule has 0 amide bonds. The summed E-state index contributed by atoms with van der Waals surface area (Å²) >= 11 is 0. The third-order valence-electron chi connectivity index (χ3n) is 4.04. The summed E-state index contributed by atoms with van der Waals surface area (Å²) < 4.78 is 10.0. The van der Waals surface area contributed by atoms with Gasteiger partial charge < -0.3 is 14.6 Å². The first-order chi connectivity index (χ1) is 12.2. The van der Waals surface area contributed by atoms with Crippen molar-refractivity contribution in [1.82, 2.24) is 0 Å². The number of phenols is 1. The summed E-state index contributed by atoms with van der Waals surface area (Å²) in [4.78, 5) is 48.8. The number of hydrogen-bond acceptors (Lipinski definition) is 7. The molecule has 0 aromatic heterocycles. The molecule has 1 N–H and O–H groups in total. The molecule has 0 saturated heterocycles. The standard InChI is InChI=1S/C19H14O7/c1-8(20)11-6-12-13(7-16(11)26-9(2)21)18(23)14-4-10(25-3)5-15(22)17(14)19(12)24/h4-7,22H,1-3H3.